The number of methoxy groups -OCH3 is 2. The Bertz CT molecular complexity index is 2770. The van der Waals surface area contributed by atoms with Gasteiger partial charge in [-0.25, -0.2) is 0 Å². The molecule has 6 aromatic rings. The largest absolute Gasteiger partial charge is 0.472 e. The maximum absolute atomic E-state index is 10.0. The van der Waals surface area contributed by atoms with Crippen molar-refractivity contribution in [2.45, 2.75) is 20.6 Å². The molecule has 0 unspecified atom stereocenters. The summed E-state index contributed by atoms with van der Waals surface area (Å²) in [6, 6.07) is 38.0. The van der Waals surface area contributed by atoms with Crippen LogP contribution < -0.4 is 39.5 Å². The summed E-state index contributed by atoms with van der Waals surface area (Å²) in [5, 5.41) is 42.4. The van der Waals surface area contributed by atoms with E-state index < -0.39 is 0 Å². The first-order chi connectivity index (χ1) is 31.9. The zero-order valence-electron chi connectivity index (χ0n) is 35.3. The van der Waals surface area contributed by atoms with Gasteiger partial charge in [-0.3, -0.25) is 0 Å². The Morgan fingerprint density at radius 1 is 0.606 bits per heavy atom. The van der Waals surface area contributed by atoms with E-state index in [4.69, 9.17) is 50.5 Å². The van der Waals surface area contributed by atoms with Gasteiger partial charge in [0.1, 0.15) is 60.0 Å². The number of hydrogen-bond acceptors (Lipinski definition) is 16. The summed E-state index contributed by atoms with van der Waals surface area (Å²) in [5.41, 5.74) is 9.50. The number of fused-ring (bicyclic) bond motifs is 2. The van der Waals surface area contributed by atoms with Crippen molar-refractivity contribution in [3.8, 4) is 81.3 Å². The average molecular weight is 909 g/mol. The fourth-order valence-corrected chi connectivity index (χ4v) is 6.59. The van der Waals surface area contributed by atoms with E-state index in [2.05, 4.69) is 38.2 Å². The van der Waals surface area contributed by atoms with Gasteiger partial charge < -0.3 is 48.9 Å². The molecule has 0 fully saturated rings. The van der Waals surface area contributed by atoms with Crippen LogP contribution in [0.1, 0.15) is 40.8 Å². The molecule has 17 heteroatoms. The third kappa shape index (κ3) is 11.9. The molecule has 16 nitrogen and oxygen atoms in total. The molecule has 66 heavy (non-hydrogen) atoms. The Labute approximate surface area is 387 Å². The van der Waals surface area contributed by atoms with E-state index in [9.17, 15) is 21.0 Å². The lowest BCUT2D eigenvalue weighted by atomic mass is 9.96. The number of nitriles is 4. The summed E-state index contributed by atoms with van der Waals surface area (Å²) < 4.78 is 43.0. The quantitative estimate of drug-likeness (QED) is 0.0770. The highest BCUT2D eigenvalue weighted by molar-refractivity contribution is 6.31. The van der Waals surface area contributed by atoms with Gasteiger partial charge in [-0.2, -0.15) is 31.0 Å². The number of aromatic nitrogens is 2. The second kappa shape index (κ2) is 24.7. The summed E-state index contributed by atoms with van der Waals surface area (Å²) in [6.07, 6.45) is 0. The van der Waals surface area contributed by atoms with E-state index in [-0.39, 0.29) is 73.4 Å². The molecular weight excluding hydrogens is 864 g/mol. The van der Waals surface area contributed by atoms with Crippen LogP contribution in [-0.4, -0.2) is 64.1 Å². The molecule has 0 spiro atoms. The number of nitrogens with one attached hydrogen (secondary N) is 1. The molecule has 0 atom stereocenters. The number of rotatable bonds is 14. The van der Waals surface area contributed by atoms with Crippen LogP contribution >= 0.6 is 11.6 Å². The molecule has 0 aliphatic carbocycles. The van der Waals surface area contributed by atoms with Crippen molar-refractivity contribution in [2.75, 3.05) is 59.4 Å². The van der Waals surface area contributed by atoms with Crippen LogP contribution in [0, 0.1) is 45.3 Å². The van der Waals surface area contributed by atoms with Gasteiger partial charge in [0.05, 0.1) is 18.8 Å². The van der Waals surface area contributed by atoms with Gasteiger partial charge in [0.15, 0.2) is 28.2 Å². The van der Waals surface area contributed by atoms with Crippen LogP contribution in [-0.2, 0) is 22.7 Å². The topological polar surface area (TPSA) is 233 Å². The maximum Gasteiger partial charge on any atom is 0.234 e. The second-order valence-corrected chi connectivity index (χ2v) is 13.9. The van der Waals surface area contributed by atoms with Gasteiger partial charge in [0.25, 0.3) is 0 Å². The van der Waals surface area contributed by atoms with Crippen LogP contribution in [0.25, 0.3) is 22.3 Å². The fraction of sp³-hybridized carbons (Fsp3) is 0.224. The number of nitrogens with zero attached hydrogens (tertiary/aromatic N) is 6. The van der Waals surface area contributed by atoms with Crippen molar-refractivity contribution in [1.82, 2.24) is 9.97 Å². The molecule has 0 radical (unpaired) electrons. The first-order valence-corrected chi connectivity index (χ1v) is 20.2. The molecule has 0 amide bonds. The molecule has 2 aromatic heterocycles. The third-order valence-electron chi connectivity index (χ3n) is 9.41. The Hall–Kier alpha value is -8.09. The molecule has 0 bridgehead atoms. The summed E-state index contributed by atoms with van der Waals surface area (Å²) in [5.74, 6) is 2.82. The minimum absolute atomic E-state index is 0. The number of ether oxygens (including phenoxy) is 8. The second-order valence-electron chi connectivity index (χ2n) is 13.6. The van der Waals surface area contributed by atoms with Crippen LogP contribution in [0.5, 0.6) is 34.8 Å². The highest BCUT2D eigenvalue weighted by Crippen LogP contribution is 2.43. The molecular formula is C49H45ClN8O8. The lowest BCUT2D eigenvalue weighted by Crippen LogP contribution is -2.13. The number of hydrogen-bond donors (Lipinski definition) is 2. The maximum atomic E-state index is 10.0. The van der Waals surface area contributed by atoms with Gasteiger partial charge in [-0.05, 0) is 46.5 Å². The average Bonchev–Trinajstić information content (AvgIpc) is 4.03. The van der Waals surface area contributed by atoms with Crippen LogP contribution in [0.15, 0.2) is 97.1 Å². The number of anilines is 1. The molecule has 336 valence electrons. The molecule has 0 saturated heterocycles. The molecule has 4 aromatic carbocycles. The van der Waals surface area contributed by atoms with E-state index in [1.54, 1.807) is 50.6 Å². The smallest absolute Gasteiger partial charge is 0.234 e. The van der Waals surface area contributed by atoms with E-state index in [1.807, 2.05) is 66.7 Å². The van der Waals surface area contributed by atoms with Gasteiger partial charge >= 0.3 is 0 Å². The summed E-state index contributed by atoms with van der Waals surface area (Å²) >= 11 is 6.23. The molecule has 0 saturated carbocycles. The van der Waals surface area contributed by atoms with Crippen LogP contribution in [0.3, 0.4) is 0 Å². The molecule has 2 aliphatic rings. The predicted molar refractivity (Wildman–Crippen MR) is 245 cm³/mol. The number of nitrogens with two attached hydrogens (primary N) is 1. The van der Waals surface area contributed by atoms with Crippen LogP contribution in [0.4, 0.5) is 5.82 Å². The number of benzene rings is 4. The van der Waals surface area contributed by atoms with Gasteiger partial charge in [-0.15, -0.1) is 0 Å². The van der Waals surface area contributed by atoms with Crippen molar-refractivity contribution >= 4 is 17.4 Å². The predicted octanol–water partition coefficient (Wildman–Crippen LogP) is 8.54. The molecule has 2 aliphatic heterocycles. The highest BCUT2D eigenvalue weighted by atomic mass is 35.5. The summed E-state index contributed by atoms with van der Waals surface area (Å²) in [4.78, 5) is 8.60. The minimum atomic E-state index is -0.0303. The van der Waals surface area contributed by atoms with Gasteiger partial charge in [0.2, 0.25) is 25.3 Å². The first-order valence-electron chi connectivity index (χ1n) is 19.8. The summed E-state index contributed by atoms with van der Waals surface area (Å²) in [7, 11) is 3.22. The van der Waals surface area contributed by atoms with Crippen molar-refractivity contribution in [3.05, 3.63) is 136 Å². The lowest BCUT2D eigenvalue weighted by molar-refractivity contribution is 0.173. The standard InChI is InChI=1S/C24H20N4O4.C21H12ClN3O3.C3H9NO.CH4/c1-29-10-9-27-23-18(12-25)22(17-7-8-20-21(11-17)32-15-31-20)19(13-26)24(28-23)30-14-16-5-3-2-4-6-16;22-20-15(9-23)19(14-6-7-17-18(8-14)28-12-27-17)16(10-24)21(25-20)26-11-13-4-2-1-3-5-13;1-5-3-2-4;/h2-8,11H,9-10,14-15H2,1H3,(H,27,28);1-8H,11-12H2;2-4H2,1H3;1H4. The first kappa shape index (κ1) is 48.9. The Morgan fingerprint density at radius 3 is 1.50 bits per heavy atom. The van der Waals surface area contributed by atoms with Crippen molar-refractivity contribution in [1.29, 1.82) is 21.0 Å². The van der Waals surface area contributed by atoms with Crippen molar-refractivity contribution in [3.63, 3.8) is 0 Å². The van der Waals surface area contributed by atoms with E-state index in [0.29, 0.717) is 77.4 Å². The minimum Gasteiger partial charge on any atom is -0.472 e. The monoisotopic (exact) mass is 908 g/mol. The summed E-state index contributed by atoms with van der Waals surface area (Å²) in [6.45, 7) is 2.83. The highest BCUT2D eigenvalue weighted by Gasteiger charge is 2.26. The SMILES string of the molecule is C.COCCN.COCCNc1nc(OCc2ccccc2)c(C#N)c(-c2ccc3c(c2)OCO3)c1C#N.N#Cc1c(Cl)nc(OCc2ccccc2)c(C#N)c1-c1ccc2c(c1)OCO2. The Morgan fingerprint density at radius 2 is 1.06 bits per heavy atom. The Kier molecular flexibility index (Phi) is 18.3. The van der Waals surface area contributed by atoms with Gasteiger partial charge in [-0.1, -0.05) is 91.8 Å². The molecule has 3 N–H and O–H groups in total. The zero-order valence-corrected chi connectivity index (χ0v) is 36.1. The number of pyridine rings is 2. The zero-order chi connectivity index (χ0) is 46.0. The molecule has 4 heterocycles. The van der Waals surface area contributed by atoms with Crippen molar-refractivity contribution in [2.24, 2.45) is 5.73 Å². The Balaban J connectivity index is 0.000000223. The van der Waals surface area contributed by atoms with E-state index in [0.717, 1.165) is 11.1 Å². The fourth-order valence-electron chi connectivity index (χ4n) is 6.38. The van der Waals surface area contributed by atoms with Crippen LogP contribution in [0.2, 0.25) is 5.15 Å². The van der Waals surface area contributed by atoms with E-state index in [1.165, 1.54) is 0 Å². The van der Waals surface area contributed by atoms with E-state index >= 15 is 0 Å². The van der Waals surface area contributed by atoms with Gasteiger partial charge in [0, 0.05) is 38.4 Å². The third-order valence-corrected chi connectivity index (χ3v) is 9.68. The number of halogens is 1. The van der Waals surface area contributed by atoms with Crippen molar-refractivity contribution < 1.29 is 37.9 Å². The molecule has 8 rings (SSSR count). The normalized spacial score (nSPS) is 11.1. The lowest BCUT2D eigenvalue weighted by Gasteiger charge is -2.17.